The zero-order chi connectivity index (χ0) is 11.5. The molecule has 0 fully saturated rings. The normalized spacial score (nSPS) is 11.6. The van der Waals surface area contributed by atoms with E-state index in [-0.39, 0.29) is 0 Å². The number of rotatable bonds is 3. The Balaban J connectivity index is 2.46. The molecule has 1 N–H and O–H groups in total. The smallest absolute Gasteiger partial charge is 0.178 e. The largest absolute Gasteiger partial charge is 0.331 e. The number of aryl methyl sites for hydroxylation is 1. The van der Waals surface area contributed by atoms with E-state index in [2.05, 4.69) is 15.6 Å². The van der Waals surface area contributed by atoms with E-state index in [0.29, 0.717) is 0 Å². The zero-order valence-corrected chi connectivity index (χ0v) is 10.6. The number of hydrogen-bond acceptors (Lipinski definition) is 1. The van der Waals surface area contributed by atoms with Gasteiger partial charge in [-0.05, 0) is 43.8 Å². The molecule has 0 atom stereocenters. The molecule has 4 heteroatoms. The molecule has 2 aromatic rings. The summed E-state index contributed by atoms with van der Waals surface area (Å²) in [6.45, 7) is 2.90. The highest BCUT2D eigenvalue weighted by Crippen LogP contribution is 2.19. The highest BCUT2D eigenvalue weighted by molar-refractivity contribution is 7.71. The fourth-order valence-electron chi connectivity index (χ4n) is 1.72. The Morgan fingerprint density at radius 3 is 3.06 bits per heavy atom. The third-order valence-corrected chi connectivity index (χ3v) is 3.05. The summed E-state index contributed by atoms with van der Waals surface area (Å²) in [4.78, 5) is 3.18. The second kappa shape index (κ2) is 4.85. The van der Waals surface area contributed by atoms with Crippen molar-refractivity contribution in [2.45, 2.75) is 19.9 Å². The molecule has 1 heterocycles. The highest BCUT2D eigenvalue weighted by atomic mass is 35.5. The SMILES string of the molecule is C/C=C/CCn1c(=S)[nH]c2ccc(Cl)cc21. The van der Waals surface area contributed by atoms with Gasteiger partial charge in [0, 0.05) is 11.6 Å². The van der Waals surface area contributed by atoms with Crippen molar-refractivity contribution < 1.29 is 0 Å². The lowest BCUT2D eigenvalue weighted by atomic mass is 10.3. The molecule has 0 saturated heterocycles. The molecule has 2 nitrogen and oxygen atoms in total. The molecule has 1 aromatic carbocycles. The molecule has 16 heavy (non-hydrogen) atoms. The average Bonchev–Trinajstić information content (AvgIpc) is 2.56. The monoisotopic (exact) mass is 252 g/mol. The molecule has 0 spiro atoms. The van der Waals surface area contributed by atoms with Crippen molar-refractivity contribution in [1.82, 2.24) is 9.55 Å². The number of imidazole rings is 1. The van der Waals surface area contributed by atoms with E-state index in [1.54, 1.807) is 0 Å². The van der Waals surface area contributed by atoms with Crippen molar-refractivity contribution in [3.63, 3.8) is 0 Å². The van der Waals surface area contributed by atoms with Crippen molar-refractivity contribution in [2.75, 3.05) is 0 Å². The Hall–Kier alpha value is -1.06. The maximum atomic E-state index is 5.99. The van der Waals surface area contributed by atoms with E-state index >= 15 is 0 Å². The summed E-state index contributed by atoms with van der Waals surface area (Å²) < 4.78 is 2.83. The second-order valence-electron chi connectivity index (χ2n) is 3.60. The number of aromatic nitrogens is 2. The quantitative estimate of drug-likeness (QED) is 0.637. The van der Waals surface area contributed by atoms with Gasteiger partial charge in [0.05, 0.1) is 11.0 Å². The van der Waals surface area contributed by atoms with Crippen LogP contribution in [0, 0.1) is 4.77 Å². The van der Waals surface area contributed by atoms with Gasteiger partial charge in [0.2, 0.25) is 0 Å². The number of fused-ring (bicyclic) bond motifs is 1. The summed E-state index contributed by atoms with van der Waals surface area (Å²) in [5.74, 6) is 0. The number of aromatic amines is 1. The Labute approximate surface area is 105 Å². The third kappa shape index (κ3) is 2.20. The summed E-state index contributed by atoms with van der Waals surface area (Å²) >= 11 is 11.3. The van der Waals surface area contributed by atoms with Crippen LogP contribution in [0.4, 0.5) is 0 Å². The molecule has 0 bridgehead atoms. The number of allylic oxidation sites excluding steroid dienone is 2. The molecular weight excluding hydrogens is 240 g/mol. The molecule has 1 aromatic heterocycles. The number of nitrogens with one attached hydrogen (secondary N) is 1. The number of H-pyrrole nitrogens is 1. The lowest BCUT2D eigenvalue weighted by molar-refractivity contribution is 0.720. The minimum atomic E-state index is 0.737. The van der Waals surface area contributed by atoms with E-state index in [4.69, 9.17) is 23.8 Å². The van der Waals surface area contributed by atoms with Crippen molar-refractivity contribution in [2.24, 2.45) is 0 Å². The van der Waals surface area contributed by atoms with Crippen LogP contribution < -0.4 is 0 Å². The maximum Gasteiger partial charge on any atom is 0.178 e. The van der Waals surface area contributed by atoms with Crippen LogP contribution in [0.3, 0.4) is 0 Å². The zero-order valence-electron chi connectivity index (χ0n) is 9.03. The van der Waals surface area contributed by atoms with Crippen LogP contribution in [0.15, 0.2) is 30.4 Å². The summed E-state index contributed by atoms with van der Waals surface area (Å²) in [7, 11) is 0. The fraction of sp³-hybridized carbons (Fsp3) is 0.250. The van der Waals surface area contributed by atoms with Crippen LogP contribution in [0.5, 0.6) is 0 Å². The van der Waals surface area contributed by atoms with Crippen LogP contribution in [0.25, 0.3) is 11.0 Å². The molecule has 0 amide bonds. The lowest BCUT2D eigenvalue weighted by Crippen LogP contribution is -1.96. The lowest BCUT2D eigenvalue weighted by Gasteiger charge is -2.01. The Kier molecular flexibility index (Phi) is 3.46. The van der Waals surface area contributed by atoms with Crippen LogP contribution in [-0.2, 0) is 6.54 Å². The molecule has 0 aliphatic heterocycles. The van der Waals surface area contributed by atoms with E-state index in [1.165, 1.54) is 0 Å². The van der Waals surface area contributed by atoms with Gasteiger partial charge in [-0.2, -0.15) is 0 Å². The first-order valence-corrected chi connectivity index (χ1v) is 6.00. The molecule has 2 rings (SSSR count). The molecular formula is C12H13ClN2S. The molecule has 0 saturated carbocycles. The van der Waals surface area contributed by atoms with Crippen LogP contribution in [0.1, 0.15) is 13.3 Å². The summed E-state index contributed by atoms with van der Waals surface area (Å²) in [5, 5.41) is 0.737. The molecule has 0 aliphatic rings. The van der Waals surface area contributed by atoms with Crippen molar-refractivity contribution >= 4 is 34.9 Å². The fourth-order valence-corrected chi connectivity index (χ4v) is 2.18. The average molecular weight is 253 g/mol. The Bertz CT molecular complexity index is 580. The van der Waals surface area contributed by atoms with Crippen molar-refractivity contribution in [1.29, 1.82) is 0 Å². The number of benzene rings is 1. The van der Waals surface area contributed by atoms with Gasteiger partial charge >= 0.3 is 0 Å². The van der Waals surface area contributed by atoms with Gasteiger partial charge in [0.1, 0.15) is 0 Å². The van der Waals surface area contributed by atoms with Gasteiger partial charge in [0.15, 0.2) is 4.77 Å². The van der Waals surface area contributed by atoms with Gasteiger partial charge in [0.25, 0.3) is 0 Å². The molecule has 0 aliphatic carbocycles. The summed E-state index contributed by atoms with van der Waals surface area (Å²) in [6, 6.07) is 5.77. The Morgan fingerprint density at radius 2 is 2.31 bits per heavy atom. The van der Waals surface area contributed by atoms with Gasteiger partial charge in [-0.15, -0.1) is 0 Å². The first-order valence-electron chi connectivity index (χ1n) is 5.21. The maximum absolute atomic E-state index is 5.99. The van der Waals surface area contributed by atoms with Gasteiger partial charge in [-0.25, -0.2) is 0 Å². The summed E-state index contributed by atoms with van der Waals surface area (Å²) in [5.41, 5.74) is 2.11. The van der Waals surface area contributed by atoms with Crippen LogP contribution in [0.2, 0.25) is 5.02 Å². The standard InChI is InChI=1S/C12H13ClN2S/c1-2-3-4-7-15-11-8-9(13)5-6-10(11)14-12(15)16/h2-3,5-6,8H,4,7H2,1H3,(H,14,16)/b3-2+. The molecule has 84 valence electrons. The van der Waals surface area contributed by atoms with Gasteiger partial charge in [-0.3, -0.25) is 0 Å². The first kappa shape index (κ1) is 11.4. The van der Waals surface area contributed by atoms with Crippen LogP contribution in [-0.4, -0.2) is 9.55 Å². The predicted molar refractivity (Wildman–Crippen MR) is 71.6 cm³/mol. The van der Waals surface area contributed by atoms with Crippen LogP contribution >= 0.6 is 23.8 Å². The Morgan fingerprint density at radius 1 is 1.50 bits per heavy atom. The van der Waals surface area contributed by atoms with E-state index in [0.717, 1.165) is 33.8 Å². The van der Waals surface area contributed by atoms with Crippen molar-refractivity contribution in [3.8, 4) is 0 Å². The first-order chi connectivity index (χ1) is 7.72. The minimum Gasteiger partial charge on any atom is -0.331 e. The van der Waals surface area contributed by atoms with E-state index in [1.807, 2.05) is 31.2 Å². The highest BCUT2D eigenvalue weighted by Gasteiger charge is 2.03. The molecule has 0 unspecified atom stereocenters. The number of nitrogens with zero attached hydrogens (tertiary/aromatic N) is 1. The minimum absolute atomic E-state index is 0.737. The van der Waals surface area contributed by atoms with Gasteiger partial charge < -0.3 is 9.55 Å². The predicted octanol–water partition coefficient (Wildman–Crippen LogP) is 4.32. The summed E-state index contributed by atoms with van der Waals surface area (Å²) in [6.07, 6.45) is 5.15. The van der Waals surface area contributed by atoms with E-state index in [9.17, 15) is 0 Å². The van der Waals surface area contributed by atoms with Crippen molar-refractivity contribution in [3.05, 3.63) is 40.1 Å². The number of halogens is 1. The third-order valence-electron chi connectivity index (χ3n) is 2.49. The number of hydrogen-bond donors (Lipinski definition) is 1. The second-order valence-corrected chi connectivity index (χ2v) is 4.42. The van der Waals surface area contributed by atoms with Gasteiger partial charge in [-0.1, -0.05) is 23.8 Å². The molecule has 0 radical (unpaired) electrons. The van der Waals surface area contributed by atoms with E-state index < -0.39 is 0 Å². The topological polar surface area (TPSA) is 20.7 Å².